The Balaban J connectivity index is 2.86. The highest BCUT2D eigenvalue weighted by Gasteiger charge is 2.31. The number of hydrogen-bond donors (Lipinski definition) is 0. The van der Waals surface area contributed by atoms with Crippen molar-refractivity contribution < 1.29 is 13.7 Å². The maximum Gasteiger partial charge on any atom is 0.312 e. The molecule has 1 aromatic carbocycles. The van der Waals surface area contributed by atoms with Crippen LogP contribution < -0.4 is 0 Å². The summed E-state index contributed by atoms with van der Waals surface area (Å²) < 4.78 is 17.1. The Morgan fingerprint density at radius 2 is 1.60 bits per heavy atom. The molecule has 4 heteroatoms. The van der Waals surface area contributed by atoms with Gasteiger partial charge in [0.15, 0.2) is 0 Å². The summed E-state index contributed by atoms with van der Waals surface area (Å²) in [6.07, 6.45) is 0. The van der Waals surface area contributed by atoms with Gasteiger partial charge in [-0.3, -0.25) is 9.00 Å². The Kier molecular flexibility index (Phi) is 5.14. The number of hydrogen-bond acceptors (Lipinski definition) is 3. The van der Waals surface area contributed by atoms with Crippen molar-refractivity contribution in [1.82, 2.24) is 0 Å². The van der Waals surface area contributed by atoms with Crippen molar-refractivity contribution >= 4 is 16.8 Å². The van der Waals surface area contributed by atoms with Crippen LogP contribution in [0.25, 0.3) is 0 Å². The van der Waals surface area contributed by atoms with Crippen molar-refractivity contribution in [3.8, 4) is 0 Å². The molecule has 20 heavy (non-hydrogen) atoms. The van der Waals surface area contributed by atoms with Crippen LogP contribution in [0.5, 0.6) is 0 Å². The first-order valence-corrected chi connectivity index (χ1v) is 7.97. The van der Waals surface area contributed by atoms with Crippen LogP contribution in [0.2, 0.25) is 0 Å². The molecule has 0 spiro atoms. The highest BCUT2D eigenvalue weighted by molar-refractivity contribution is 7.85. The fourth-order valence-corrected chi connectivity index (χ4v) is 3.23. The molecule has 0 amide bonds. The molecule has 1 aromatic rings. The molecule has 0 saturated heterocycles. The summed E-state index contributed by atoms with van der Waals surface area (Å²) in [6, 6.07) is 7.75. The molecule has 0 aliphatic heterocycles. The first kappa shape index (κ1) is 16.9. The second-order valence-corrected chi connectivity index (χ2v) is 8.09. The Hall–Kier alpha value is -1.16. The van der Waals surface area contributed by atoms with Gasteiger partial charge in [0.25, 0.3) is 0 Å². The predicted molar refractivity (Wildman–Crippen MR) is 82.2 cm³/mol. The summed E-state index contributed by atoms with van der Waals surface area (Å²) in [5.41, 5.74) is 0.527. The molecule has 0 heterocycles. The number of rotatable bonds is 4. The highest BCUT2D eigenvalue weighted by atomic mass is 32.2. The first-order valence-electron chi connectivity index (χ1n) is 6.65. The summed E-state index contributed by atoms with van der Waals surface area (Å²) in [7, 11) is 0.141. The van der Waals surface area contributed by atoms with E-state index in [-0.39, 0.29) is 17.1 Å². The molecular weight excluding hydrogens is 272 g/mol. The lowest BCUT2D eigenvalue weighted by Gasteiger charge is -2.21. The topological polar surface area (TPSA) is 43.4 Å². The van der Waals surface area contributed by atoms with Crippen LogP contribution in [0.3, 0.4) is 0 Å². The van der Waals surface area contributed by atoms with Crippen molar-refractivity contribution in [1.29, 1.82) is 0 Å². The van der Waals surface area contributed by atoms with Crippen LogP contribution in [0.4, 0.5) is 0 Å². The maximum atomic E-state index is 12.3. The van der Waals surface area contributed by atoms with Crippen LogP contribution in [0, 0.1) is 5.41 Å². The maximum absolute atomic E-state index is 12.3. The second-order valence-electron chi connectivity index (χ2n) is 6.64. The summed E-state index contributed by atoms with van der Waals surface area (Å²) in [5.74, 6) is -0.0775. The molecule has 0 aliphatic carbocycles. The number of benzene rings is 1. The molecule has 0 aliphatic rings. The normalized spacial score (nSPS) is 13.9. The van der Waals surface area contributed by atoms with Gasteiger partial charge in [0.1, 0.15) is 0 Å². The van der Waals surface area contributed by atoms with E-state index < -0.39 is 16.2 Å². The third-order valence-electron chi connectivity index (χ3n) is 3.21. The number of methoxy groups -OCH3 is 1. The Bertz CT molecular complexity index is 495. The summed E-state index contributed by atoms with van der Waals surface area (Å²) >= 11 is 0. The fourth-order valence-electron chi connectivity index (χ4n) is 1.85. The van der Waals surface area contributed by atoms with Gasteiger partial charge in [-0.1, -0.05) is 32.9 Å². The molecule has 0 N–H and O–H groups in total. The molecule has 1 rings (SSSR count). The van der Waals surface area contributed by atoms with E-state index >= 15 is 0 Å². The highest BCUT2D eigenvalue weighted by Crippen LogP contribution is 2.25. The molecular formula is C16H24O3S. The monoisotopic (exact) mass is 296 g/mol. The van der Waals surface area contributed by atoms with E-state index in [1.165, 1.54) is 12.7 Å². The number of esters is 1. The lowest BCUT2D eigenvalue weighted by molar-refractivity contribution is -0.149. The van der Waals surface area contributed by atoms with Crippen molar-refractivity contribution in [3.63, 3.8) is 0 Å². The Morgan fingerprint density at radius 3 is 2.00 bits per heavy atom. The van der Waals surface area contributed by atoms with E-state index in [0.717, 1.165) is 4.90 Å². The standard InChI is InChI=1S/C16H24O3S/c1-15(2,3)12-7-9-13(10-8-12)20(18)11-16(4,5)14(17)19-6/h7-10H,11H2,1-6H3. The summed E-state index contributed by atoms with van der Waals surface area (Å²) in [5, 5.41) is 0. The van der Waals surface area contributed by atoms with Gasteiger partial charge in [0, 0.05) is 10.6 Å². The number of ether oxygens (including phenoxy) is 1. The first-order chi connectivity index (χ1) is 9.08. The van der Waals surface area contributed by atoms with Crippen molar-refractivity contribution in [2.24, 2.45) is 5.41 Å². The van der Waals surface area contributed by atoms with Crippen molar-refractivity contribution in [2.45, 2.75) is 44.9 Å². The van der Waals surface area contributed by atoms with Gasteiger partial charge in [-0.25, -0.2) is 0 Å². The zero-order chi connectivity index (χ0) is 15.6. The number of carbonyl (C=O) groups is 1. The van der Waals surface area contributed by atoms with Gasteiger partial charge in [-0.2, -0.15) is 0 Å². The molecule has 112 valence electrons. The van der Waals surface area contributed by atoms with E-state index in [1.54, 1.807) is 13.8 Å². The smallest absolute Gasteiger partial charge is 0.312 e. The van der Waals surface area contributed by atoms with Crippen LogP contribution in [-0.2, 0) is 25.7 Å². The van der Waals surface area contributed by atoms with E-state index in [0.29, 0.717) is 0 Å². The van der Waals surface area contributed by atoms with Gasteiger partial charge < -0.3 is 4.74 Å². The third kappa shape index (κ3) is 4.17. The minimum absolute atomic E-state index is 0.0747. The van der Waals surface area contributed by atoms with Gasteiger partial charge in [0.2, 0.25) is 0 Å². The molecule has 1 atom stereocenters. The van der Waals surface area contributed by atoms with Gasteiger partial charge >= 0.3 is 5.97 Å². The zero-order valence-electron chi connectivity index (χ0n) is 13.1. The molecule has 0 bridgehead atoms. The number of carbonyl (C=O) groups excluding carboxylic acids is 1. The SMILES string of the molecule is COC(=O)C(C)(C)CS(=O)c1ccc(C(C)(C)C)cc1. The van der Waals surface area contributed by atoms with Crippen LogP contribution in [0.15, 0.2) is 29.2 Å². The average molecular weight is 296 g/mol. The van der Waals surface area contributed by atoms with E-state index in [1.807, 2.05) is 24.3 Å². The largest absolute Gasteiger partial charge is 0.469 e. The molecule has 0 aromatic heterocycles. The van der Waals surface area contributed by atoms with Gasteiger partial charge in [-0.15, -0.1) is 0 Å². The zero-order valence-corrected chi connectivity index (χ0v) is 14.0. The van der Waals surface area contributed by atoms with Crippen molar-refractivity contribution in [2.75, 3.05) is 12.9 Å². The Labute approximate surface area is 124 Å². The molecule has 0 fully saturated rings. The van der Waals surface area contributed by atoms with Crippen LogP contribution >= 0.6 is 0 Å². The van der Waals surface area contributed by atoms with E-state index in [9.17, 15) is 9.00 Å². The molecule has 0 saturated carbocycles. The van der Waals surface area contributed by atoms with Crippen LogP contribution in [-0.4, -0.2) is 23.0 Å². The Morgan fingerprint density at radius 1 is 1.10 bits per heavy atom. The summed E-state index contributed by atoms with van der Waals surface area (Å²) in [4.78, 5) is 12.4. The lowest BCUT2D eigenvalue weighted by atomic mass is 9.87. The average Bonchev–Trinajstić information content (AvgIpc) is 2.36. The predicted octanol–water partition coefficient (Wildman–Crippen LogP) is 3.29. The lowest BCUT2D eigenvalue weighted by Crippen LogP contribution is -2.31. The quantitative estimate of drug-likeness (QED) is 0.801. The van der Waals surface area contributed by atoms with Gasteiger partial charge in [-0.05, 0) is 37.0 Å². The third-order valence-corrected chi connectivity index (χ3v) is 4.99. The van der Waals surface area contributed by atoms with Crippen LogP contribution in [0.1, 0.15) is 40.2 Å². The summed E-state index contributed by atoms with van der Waals surface area (Å²) in [6.45, 7) is 9.92. The minimum Gasteiger partial charge on any atom is -0.469 e. The minimum atomic E-state index is -1.21. The van der Waals surface area contributed by atoms with E-state index in [2.05, 4.69) is 20.8 Å². The fraction of sp³-hybridized carbons (Fsp3) is 0.562. The van der Waals surface area contributed by atoms with Crippen molar-refractivity contribution in [3.05, 3.63) is 29.8 Å². The molecule has 1 unspecified atom stereocenters. The van der Waals surface area contributed by atoms with E-state index in [4.69, 9.17) is 4.74 Å². The molecule has 0 radical (unpaired) electrons. The van der Waals surface area contributed by atoms with Gasteiger partial charge in [0.05, 0.1) is 23.3 Å². The molecule has 3 nitrogen and oxygen atoms in total. The second kappa shape index (κ2) is 6.08.